The minimum absolute atomic E-state index is 0.105. The summed E-state index contributed by atoms with van der Waals surface area (Å²) in [7, 11) is 1.56. The van der Waals surface area contributed by atoms with Gasteiger partial charge in [0.1, 0.15) is 30.3 Å². The molecule has 1 aromatic heterocycles. The van der Waals surface area contributed by atoms with Crippen molar-refractivity contribution in [2.75, 3.05) is 7.11 Å². The zero-order chi connectivity index (χ0) is 27.3. The fourth-order valence-corrected chi connectivity index (χ4v) is 5.94. The summed E-state index contributed by atoms with van der Waals surface area (Å²) in [4.78, 5) is 11.6. The number of ether oxygens (including phenoxy) is 2. The molecular formula is C31H30FN3O4. The lowest BCUT2D eigenvalue weighted by Crippen LogP contribution is -2.11. The first-order valence-corrected chi connectivity index (χ1v) is 13.2. The maximum atomic E-state index is 15.0. The lowest BCUT2D eigenvalue weighted by molar-refractivity contribution is -0.139. The summed E-state index contributed by atoms with van der Waals surface area (Å²) < 4.78 is 28.6. The molecule has 0 saturated heterocycles. The number of methoxy groups -OCH3 is 1. The third-order valence-electron chi connectivity index (χ3n) is 8.16. The summed E-state index contributed by atoms with van der Waals surface area (Å²) in [6, 6.07) is 16.6. The van der Waals surface area contributed by atoms with Gasteiger partial charge in [0.05, 0.1) is 13.0 Å². The van der Waals surface area contributed by atoms with Gasteiger partial charge in [-0.2, -0.15) is 0 Å². The standard InChI is InChI=1S/C31H30FN3O4/c1-18(2)35-17-33-34-29(35)25-12-19(4-8-23(25)24-13-21(38-3)7-9-28(24)32)16-39-22-6-5-20-10-11-31(26(20)14-22)15-27(31)30(36)37/h4-9,12-14,17-18,27H,10-11,15-16H2,1-3H3,(H,36,37)/t27-,31-/m0/s1. The van der Waals surface area contributed by atoms with Crippen LogP contribution in [0.5, 0.6) is 11.5 Å². The number of carboxylic acids is 1. The summed E-state index contributed by atoms with van der Waals surface area (Å²) in [5.41, 5.74) is 4.81. The molecule has 0 bridgehead atoms. The van der Waals surface area contributed by atoms with Crippen molar-refractivity contribution in [1.82, 2.24) is 14.8 Å². The normalized spacial score (nSPS) is 19.4. The van der Waals surface area contributed by atoms with Crippen LogP contribution in [0.1, 0.15) is 49.4 Å². The molecule has 2 atom stereocenters. The van der Waals surface area contributed by atoms with Gasteiger partial charge in [0.2, 0.25) is 0 Å². The molecule has 1 N–H and O–H groups in total. The fraction of sp³-hybridized carbons (Fsp3) is 0.323. The highest BCUT2D eigenvalue weighted by Crippen LogP contribution is 2.62. The lowest BCUT2D eigenvalue weighted by atomic mass is 9.95. The molecule has 1 fully saturated rings. The second-order valence-corrected chi connectivity index (χ2v) is 10.7. The zero-order valence-corrected chi connectivity index (χ0v) is 22.1. The quantitative estimate of drug-likeness (QED) is 0.293. The van der Waals surface area contributed by atoms with Gasteiger partial charge in [-0.3, -0.25) is 4.79 Å². The summed E-state index contributed by atoms with van der Waals surface area (Å²) in [5.74, 6) is 0.523. The topological polar surface area (TPSA) is 86.5 Å². The Balaban J connectivity index is 1.33. The van der Waals surface area contributed by atoms with Crippen LogP contribution in [0.3, 0.4) is 0 Å². The Morgan fingerprint density at radius 2 is 1.92 bits per heavy atom. The van der Waals surface area contributed by atoms with Crippen molar-refractivity contribution in [1.29, 1.82) is 0 Å². The van der Waals surface area contributed by atoms with E-state index in [4.69, 9.17) is 9.47 Å². The number of aryl methyl sites for hydroxylation is 1. The van der Waals surface area contributed by atoms with Crippen LogP contribution in [0.2, 0.25) is 0 Å². The highest BCUT2D eigenvalue weighted by atomic mass is 19.1. The molecule has 0 aliphatic heterocycles. The van der Waals surface area contributed by atoms with Gasteiger partial charge in [0, 0.05) is 22.6 Å². The van der Waals surface area contributed by atoms with Gasteiger partial charge in [-0.1, -0.05) is 18.2 Å². The number of benzene rings is 3. The van der Waals surface area contributed by atoms with E-state index in [-0.39, 0.29) is 29.8 Å². The van der Waals surface area contributed by atoms with Crippen molar-refractivity contribution in [3.8, 4) is 34.0 Å². The van der Waals surface area contributed by atoms with Gasteiger partial charge >= 0.3 is 5.97 Å². The SMILES string of the molecule is COc1ccc(F)c(-c2ccc(COc3ccc4c(c3)[C@]3(CC4)C[C@H]3C(=O)O)cc2-c2nncn2C(C)C)c1. The molecule has 39 heavy (non-hydrogen) atoms. The second kappa shape index (κ2) is 9.52. The molecule has 4 aromatic rings. The number of aromatic nitrogens is 3. The van der Waals surface area contributed by atoms with Gasteiger partial charge in [-0.15, -0.1) is 10.2 Å². The first-order chi connectivity index (χ1) is 18.8. The van der Waals surface area contributed by atoms with Gasteiger partial charge in [0.15, 0.2) is 5.82 Å². The lowest BCUT2D eigenvalue weighted by Gasteiger charge is -2.17. The van der Waals surface area contributed by atoms with Crippen LogP contribution >= 0.6 is 0 Å². The molecule has 3 aromatic carbocycles. The summed E-state index contributed by atoms with van der Waals surface area (Å²) in [6.45, 7) is 4.37. The molecular weight excluding hydrogens is 497 g/mol. The monoisotopic (exact) mass is 527 g/mol. The predicted octanol–water partition coefficient (Wildman–Crippen LogP) is 6.21. The molecule has 7 nitrogen and oxygen atoms in total. The minimum atomic E-state index is -0.719. The van der Waals surface area contributed by atoms with E-state index in [1.54, 1.807) is 25.6 Å². The largest absolute Gasteiger partial charge is 0.497 e. The van der Waals surface area contributed by atoms with Crippen LogP contribution in [0.25, 0.3) is 22.5 Å². The van der Waals surface area contributed by atoms with E-state index in [2.05, 4.69) is 16.3 Å². The summed E-state index contributed by atoms with van der Waals surface area (Å²) in [5, 5.41) is 18.1. The second-order valence-electron chi connectivity index (χ2n) is 10.7. The van der Waals surface area contributed by atoms with E-state index in [1.807, 2.05) is 48.7 Å². The molecule has 6 rings (SSSR count). The van der Waals surface area contributed by atoms with E-state index < -0.39 is 5.97 Å². The summed E-state index contributed by atoms with van der Waals surface area (Å²) in [6.07, 6.45) is 4.16. The smallest absolute Gasteiger partial charge is 0.307 e. The third kappa shape index (κ3) is 4.33. The van der Waals surface area contributed by atoms with Gasteiger partial charge in [-0.05, 0) is 91.8 Å². The van der Waals surface area contributed by atoms with Crippen molar-refractivity contribution in [3.05, 3.63) is 83.4 Å². The van der Waals surface area contributed by atoms with Crippen LogP contribution in [0.4, 0.5) is 4.39 Å². The molecule has 2 aliphatic rings. The number of fused-ring (bicyclic) bond motifs is 2. The number of carbonyl (C=O) groups is 1. The van der Waals surface area contributed by atoms with Crippen molar-refractivity contribution >= 4 is 5.97 Å². The van der Waals surface area contributed by atoms with Crippen molar-refractivity contribution < 1.29 is 23.8 Å². The molecule has 1 spiro atoms. The van der Waals surface area contributed by atoms with Crippen molar-refractivity contribution in [2.45, 2.75) is 51.2 Å². The van der Waals surface area contributed by atoms with Crippen LogP contribution in [0, 0.1) is 11.7 Å². The number of hydrogen-bond donors (Lipinski definition) is 1. The average Bonchev–Trinajstić information content (AvgIpc) is 3.28. The number of aliphatic carboxylic acids is 1. The maximum Gasteiger partial charge on any atom is 0.307 e. The van der Waals surface area contributed by atoms with Crippen LogP contribution in [-0.4, -0.2) is 33.0 Å². The first-order valence-electron chi connectivity index (χ1n) is 13.2. The van der Waals surface area contributed by atoms with Crippen LogP contribution in [-0.2, 0) is 23.2 Å². The van der Waals surface area contributed by atoms with Gasteiger partial charge in [0.25, 0.3) is 0 Å². The van der Waals surface area contributed by atoms with E-state index in [1.165, 1.54) is 11.6 Å². The van der Waals surface area contributed by atoms with E-state index >= 15 is 4.39 Å². The molecule has 1 saturated carbocycles. The Bertz CT molecular complexity index is 1580. The van der Waals surface area contributed by atoms with E-state index in [0.717, 1.165) is 29.5 Å². The predicted molar refractivity (Wildman–Crippen MR) is 144 cm³/mol. The molecule has 2 aliphatic carbocycles. The van der Waals surface area contributed by atoms with E-state index in [9.17, 15) is 9.90 Å². The van der Waals surface area contributed by atoms with Crippen LogP contribution < -0.4 is 9.47 Å². The molecule has 0 amide bonds. The highest BCUT2D eigenvalue weighted by Gasteiger charge is 2.61. The van der Waals surface area contributed by atoms with Gasteiger partial charge < -0.3 is 19.1 Å². The zero-order valence-electron chi connectivity index (χ0n) is 22.1. The number of rotatable bonds is 8. The average molecular weight is 528 g/mol. The summed E-state index contributed by atoms with van der Waals surface area (Å²) >= 11 is 0. The van der Waals surface area contributed by atoms with Crippen molar-refractivity contribution in [3.63, 3.8) is 0 Å². The Kier molecular flexibility index (Phi) is 6.13. The number of hydrogen-bond acceptors (Lipinski definition) is 5. The molecule has 0 unspecified atom stereocenters. The van der Waals surface area contributed by atoms with Gasteiger partial charge in [-0.25, -0.2) is 4.39 Å². The number of halogens is 1. The number of carboxylic acid groups (broad SMARTS) is 1. The van der Waals surface area contributed by atoms with Crippen molar-refractivity contribution in [2.24, 2.45) is 5.92 Å². The fourth-order valence-electron chi connectivity index (χ4n) is 5.94. The molecule has 0 radical (unpaired) electrons. The third-order valence-corrected chi connectivity index (χ3v) is 8.16. The molecule has 200 valence electrons. The Morgan fingerprint density at radius 3 is 2.67 bits per heavy atom. The van der Waals surface area contributed by atoms with Crippen LogP contribution in [0.15, 0.2) is 60.9 Å². The Hall–Kier alpha value is -4.20. The Morgan fingerprint density at radius 1 is 1.10 bits per heavy atom. The molecule has 1 heterocycles. The van der Waals surface area contributed by atoms with E-state index in [0.29, 0.717) is 34.9 Å². The molecule has 8 heteroatoms. The minimum Gasteiger partial charge on any atom is -0.497 e. The first kappa shape index (κ1) is 25.1. The number of nitrogens with zero attached hydrogens (tertiary/aromatic N) is 3. The Labute approximate surface area is 226 Å². The maximum absolute atomic E-state index is 15.0. The highest BCUT2D eigenvalue weighted by molar-refractivity contribution is 5.82.